The third-order valence-electron chi connectivity index (χ3n) is 5.06. The smallest absolute Gasteiger partial charge is 0.292 e. The molecule has 7 heteroatoms. The fourth-order valence-electron chi connectivity index (χ4n) is 3.70. The van der Waals surface area contributed by atoms with Crippen LogP contribution in [0.3, 0.4) is 0 Å². The van der Waals surface area contributed by atoms with Crippen molar-refractivity contribution in [3.8, 4) is 11.5 Å². The Labute approximate surface area is 175 Å². The molecule has 1 fully saturated rings. The van der Waals surface area contributed by atoms with Crippen LogP contribution in [0.4, 0.5) is 5.69 Å². The number of amides is 1. The van der Waals surface area contributed by atoms with Gasteiger partial charge in [0.05, 0.1) is 39.2 Å². The van der Waals surface area contributed by atoms with E-state index in [0.29, 0.717) is 48.5 Å². The monoisotopic (exact) mass is 417 g/mol. The van der Waals surface area contributed by atoms with Gasteiger partial charge in [-0.15, -0.1) is 0 Å². The molecule has 0 saturated carbocycles. The number of methoxy groups -OCH3 is 1. The van der Waals surface area contributed by atoms with Crippen LogP contribution < -0.4 is 14.4 Å². The van der Waals surface area contributed by atoms with Gasteiger partial charge in [-0.1, -0.05) is 24.6 Å². The van der Waals surface area contributed by atoms with Crippen LogP contribution in [-0.2, 0) is 26.6 Å². The zero-order valence-corrected chi connectivity index (χ0v) is 17.3. The van der Waals surface area contributed by atoms with Gasteiger partial charge in [0.15, 0.2) is 11.5 Å². The van der Waals surface area contributed by atoms with E-state index in [0.717, 1.165) is 24.1 Å². The van der Waals surface area contributed by atoms with Crippen molar-refractivity contribution in [2.24, 2.45) is 0 Å². The Morgan fingerprint density at radius 2 is 1.93 bits per heavy atom. The number of carbonyl (C=O) groups is 1. The van der Waals surface area contributed by atoms with Crippen molar-refractivity contribution in [1.29, 1.82) is 0 Å². The molecule has 154 valence electrons. The van der Waals surface area contributed by atoms with Gasteiger partial charge in [-0.3, -0.25) is 4.79 Å². The molecule has 0 N–H and O–H groups in total. The van der Waals surface area contributed by atoms with E-state index >= 15 is 0 Å². The molecule has 0 radical (unpaired) electrons. The van der Waals surface area contributed by atoms with Crippen LogP contribution in [0.25, 0.3) is 0 Å². The van der Waals surface area contributed by atoms with Gasteiger partial charge < -0.3 is 23.8 Å². The maximum atomic E-state index is 13.4. The molecular weight excluding hydrogens is 394 g/mol. The van der Waals surface area contributed by atoms with E-state index in [1.807, 2.05) is 24.3 Å². The van der Waals surface area contributed by atoms with Crippen molar-refractivity contribution >= 4 is 23.2 Å². The molecule has 0 atom stereocenters. The van der Waals surface area contributed by atoms with Crippen LogP contribution in [0.15, 0.2) is 36.4 Å². The summed E-state index contributed by atoms with van der Waals surface area (Å²) in [6.45, 7) is 3.94. The summed E-state index contributed by atoms with van der Waals surface area (Å²) in [5.41, 5.74) is 2.31. The maximum Gasteiger partial charge on any atom is 0.292 e. The Kier molecular flexibility index (Phi) is 5.67. The van der Waals surface area contributed by atoms with Crippen LogP contribution in [0, 0.1) is 0 Å². The minimum Gasteiger partial charge on any atom is -0.493 e. The number of nitrogens with zero attached hydrogens (tertiary/aromatic N) is 1. The fraction of sp³-hybridized carbons (Fsp3) is 0.409. The van der Waals surface area contributed by atoms with E-state index in [4.69, 9.17) is 30.5 Å². The van der Waals surface area contributed by atoms with Crippen molar-refractivity contribution in [2.45, 2.75) is 32.1 Å². The van der Waals surface area contributed by atoms with E-state index in [1.165, 1.54) is 0 Å². The van der Waals surface area contributed by atoms with Crippen LogP contribution in [0.5, 0.6) is 11.5 Å². The Morgan fingerprint density at radius 3 is 2.66 bits per heavy atom. The van der Waals surface area contributed by atoms with Gasteiger partial charge in [-0.2, -0.15) is 0 Å². The first-order valence-corrected chi connectivity index (χ1v) is 10.2. The highest BCUT2D eigenvalue weighted by Gasteiger charge is 2.54. The molecule has 6 nitrogen and oxygen atoms in total. The Hall–Kier alpha value is -2.28. The Bertz CT molecular complexity index is 910. The summed E-state index contributed by atoms with van der Waals surface area (Å²) >= 11 is 6.21. The Balaban J connectivity index is 1.66. The van der Waals surface area contributed by atoms with Crippen molar-refractivity contribution < 1.29 is 23.7 Å². The zero-order chi connectivity index (χ0) is 20.4. The molecule has 4 rings (SSSR count). The normalized spacial score (nSPS) is 17.5. The van der Waals surface area contributed by atoms with E-state index in [1.54, 1.807) is 24.1 Å². The molecule has 0 aliphatic carbocycles. The number of hydrogen-bond acceptors (Lipinski definition) is 5. The molecule has 1 amide bonds. The van der Waals surface area contributed by atoms with Gasteiger partial charge in [0.1, 0.15) is 0 Å². The summed E-state index contributed by atoms with van der Waals surface area (Å²) in [5, 5.41) is 0.537. The maximum absolute atomic E-state index is 13.4. The number of hydrogen-bond donors (Lipinski definition) is 0. The second-order valence-electron chi connectivity index (χ2n) is 7.05. The second-order valence-corrected chi connectivity index (χ2v) is 7.49. The quantitative estimate of drug-likeness (QED) is 0.702. The molecule has 2 aliphatic rings. The third kappa shape index (κ3) is 3.56. The van der Waals surface area contributed by atoms with Crippen LogP contribution >= 0.6 is 11.6 Å². The van der Waals surface area contributed by atoms with Gasteiger partial charge >= 0.3 is 0 Å². The predicted molar refractivity (Wildman–Crippen MR) is 110 cm³/mol. The van der Waals surface area contributed by atoms with E-state index in [-0.39, 0.29) is 5.91 Å². The minimum atomic E-state index is -1.41. The van der Waals surface area contributed by atoms with Gasteiger partial charge in [0.2, 0.25) is 0 Å². The number of anilines is 1. The molecule has 0 bridgehead atoms. The molecule has 0 unspecified atom stereocenters. The third-order valence-corrected chi connectivity index (χ3v) is 5.30. The minimum absolute atomic E-state index is 0.236. The molecule has 0 aromatic heterocycles. The molecule has 2 aromatic carbocycles. The summed E-state index contributed by atoms with van der Waals surface area (Å²) in [6.07, 6.45) is 1.66. The van der Waals surface area contributed by atoms with Crippen molar-refractivity contribution in [3.05, 3.63) is 52.5 Å². The molecule has 1 spiro atoms. The van der Waals surface area contributed by atoms with Gasteiger partial charge in [-0.25, -0.2) is 0 Å². The summed E-state index contributed by atoms with van der Waals surface area (Å²) in [4.78, 5) is 15.1. The standard InChI is InChI=1S/C22H24ClNO5/c1-3-9-27-19-8-5-15(12-20(19)26-2)14-24-18-7-6-16(23)13-17(18)22(21(24)25)28-10-4-11-29-22/h5-8,12-13H,3-4,9-11,14H2,1-2H3. The van der Waals surface area contributed by atoms with Crippen molar-refractivity contribution in [1.82, 2.24) is 0 Å². The van der Waals surface area contributed by atoms with Gasteiger partial charge in [0, 0.05) is 10.6 Å². The highest BCUT2D eigenvalue weighted by Crippen LogP contribution is 2.47. The lowest BCUT2D eigenvalue weighted by molar-refractivity contribution is -0.256. The van der Waals surface area contributed by atoms with E-state index in [9.17, 15) is 4.79 Å². The number of rotatable bonds is 6. The first-order valence-electron chi connectivity index (χ1n) is 9.78. The number of fused-ring (bicyclic) bond motifs is 2. The molecule has 29 heavy (non-hydrogen) atoms. The van der Waals surface area contributed by atoms with Crippen LogP contribution in [0.2, 0.25) is 5.02 Å². The summed E-state index contributed by atoms with van der Waals surface area (Å²) in [7, 11) is 1.61. The van der Waals surface area contributed by atoms with Gasteiger partial charge in [-0.05, 0) is 48.7 Å². The number of halogens is 1. The fourth-order valence-corrected chi connectivity index (χ4v) is 3.87. The molecular formula is C22H24ClNO5. The summed E-state index contributed by atoms with van der Waals surface area (Å²) in [5.74, 6) is -0.320. The lowest BCUT2D eigenvalue weighted by atomic mass is 10.1. The highest BCUT2D eigenvalue weighted by molar-refractivity contribution is 6.31. The van der Waals surface area contributed by atoms with Crippen molar-refractivity contribution in [2.75, 3.05) is 31.8 Å². The number of ether oxygens (including phenoxy) is 4. The lowest BCUT2D eigenvalue weighted by Crippen LogP contribution is -2.47. The molecule has 2 aromatic rings. The van der Waals surface area contributed by atoms with Crippen LogP contribution in [0.1, 0.15) is 30.9 Å². The molecule has 2 heterocycles. The predicted octanol–water partition coefficient (Wildman–Crippen LogP) is 4.27. The van der Waals surface area contributed by atoms with Gasteiger partial charge in [0.25, 0.3) is 11.7 Å². The highest BCUT2D eigenvalue weighted by atomic mass is 35.5. The van der Waals surface area contributed by atoms with E-state index < -0.39 is 5.79 Å². The average molecular weight is 418 g/mol. The largest absolute Gasteiger partial charge is 0.493 e. The second kappa shape index (κ2) is 8.22. The Morgan fingerprint density at radius 1 is 1.14 bits per heavy atom. The topological polar surface area (TPSA) is 57.2 Å². The SMILES string of the molecule is CCCOc1ccc(CN2C(=O)C3(OCCCO3)c3cc(Cl)ccc32)cc1OC. The average Bonchev–Trinajstić information content (AvgIpc) is 2.95. The number of benzene rings is 2. The van der Waals surface area contributed by atoms with Crippen molar-refractivity contribution in [3.63, 3.8) is 0 Å². The summed E-state index contributed by atoms with van der Waals surface area (Å²) < 4.78 is 23.0. The zero-order valence-electron chi connectivity index (χ0n) is 16.6. The first-order chi connectivity index (χ1) is 14.1. The lowest BCUT2D eigenvalue weighted by Gasteiger charge is -2.32. The van der Waals surface area contributed by atoms with Crippen LogP contribution in [-0.4, -0.2) is 32.8 Å². The molecule has 1 saturated heterocycles. The van der Waals surface area contributed by atoms with E-state index in [2.05, 4.69) is 6.92 Å². The first kappa shape index (κ1) is 20.0. The number of carbonyl (C=O) groups excluding carboxylic acids is 1. The molecule has 2 aliphatic heterocycles. The summed E-state index contributed by atoms with van der Waals surface area (Å²) in [6, 6.07) is 11.1.